The first-order valence-electron chi connectivity index (χ1n) is 10.9. The normalized spacial score (nSPS) is 28.8. The predicted molar refractivity (Wildman–Crippen MR) is 113 cm³/mol. The van der Waals surface area contributed by atoms with Crippen LogP contribution < -0.4 is 10.2 Å². The zero-order valence-corrected chi connectivity index (χ0v) is 17.8. The maximum Gasteiger partial charge on any atom is 0.256 e. The van der Waals surface area contributed by atoms with Crippen LogP contribution in [0.15, 0.2) is 30.7 Å². The maximum absolute atomic E-state index is 14.4. The SMILES string of the molecule is C[C@@H]1CCc2ncc(F)cc2[C@H]2[C@H]3[C@@H](CN2c2ccn4ncc(c4n2)C(=O)N1)C3(C)C. The number of nitrogens with zero attached hydrogens (tertiary/aromatic N) is 5. The number of aryl methyl sites for hydroxylation is 1. The summed E-state index contributed by atoms with van der Waals surface area (Å²) in [4.78, 5) is 24.5. The van der Waals surface area contributed by atoms with Crippen LogP contribution in [-0.2, 0) is 6.42 Å². The van der Waals surface area contributed by atoms with Crippen molar-refractivity contribution in [2.24, 2.45) is 17.3 Å². The van der Waals surface area contributed by atoms with Crippen molar-refractivity contribution < 1.29 is 9.18 Å². The summed E-state index contributed by atoms with van der Waals surface area (Å²) in [5.74, 6) is 1.23. The molecule has 1 N–H and O–H groups in total. The number of nitrogens with one attached hydrogen (secondary N) is 1. The lowest BCUT2D eigenvalue weighted by Crippen LogP contribution is -2.33. The summed E-state index contributed by atoms with van der Waals surface area (Å²) in [6.45, 7) is 7.42. The molecule has 1 saturated heterocycles. The van der Waals surface area contributed by atoms with Crippen LogP contribution in [0.2, 0.25) is 0 Å². The number of hydrogen-bond acceptors (Lipinski definition) is 5. The zero-order valence-electron chi connectivity index (χ0n) is 17.8. The highest BCUT2D eigenvalue weighted by Crippen LogP contribution is 2.69. The molecular formula is C23H25FN6O. The molecule has 4 atom stereocenters. The Morgan fingerprint density at radius 3 is 2.97 bits per heavy atom. The average molecular weight is 420 g/mol. The van der Waals surface area contributed by atoms with Crippen LogP contribution in [0.1, 0.15) is 54.8 Å². The number of rotatable bonds is 0. The van der Waals surface area contributed by atoms with Crippen molar-refractivity contribution in [2.45, 2.75) is 45.7 Å². The molecule has 2 bridgehead atoms. The summed E-state index contributed by atoms with van der Waals surface area (Å²) in [7, 11) is 0. The zero-order chi connectivity index (χ0) is 21.5. The Kier molecular flexibility index (Phi) is 3.77. The van der Waals surface area contributed by atoms with Crippen molar-refractivity contribution in [3.63, 3.8) is 0 Å². The molecule has 1 aliphatic carbocycles. The number of hydrogen-bond donors (Lipinski definition) is 1. The molecule has 3 aromatic rings. The minimum Gasteiger partial charge on any atom is -0.349 e. The second-order valence-corrected chi connectivity index (χ2v) is 9.77. The number of carbonyl (C=O) groups is 1. The standard InChI is InChI=1S/C23H25FN6O/c1-12-4-5-17-14(8-13(24)9-25-17)20-19-16(23(19,2)3)11-29(20)18-6-7-30-21(28-18)15(10-26-30)22(31)27-12/h6-10,12,16,19-20H,4-5,11H2,1-3H3,(H,27,31)/t12-,16-,19-,20+/m1/s1. The van der Waals surface area contributed by atoms with Gasteiger partial charge in [-0.15, -0.1) is 0 Å². The molecule has 6 rings (SSSR count). The van der Waals surface area contributed by atoms with E-state index in [4.69, 9.17) is 4.98 Å². The molecule has 7 nitrogen and oxygen atoms in total. The summed E-state index contributed by atoms with van der Waals surface area (Å²) in [5, 5.41) is 7.35. The van der Waals surface area contributed by atoms with Gasteiger partial charge in [-0.3, -0.25) is 9.78 Å². The van der Waals surface area contributed by atoms with Crippen LogP contribution in [0.3, 0.4) is 0 Å². The average Bonchev–Trinajstić information content (AvgIpc) is 3.12. The fraction of sp³-hybridized carbons (Fsp3) is 0.478. The Morgan fingerprint density at radius 1 is 1.29 bits per heavy atom. The molecule has 160 valence electrons. The molecule has 0 aromatic carbocycles. The number of piperidine rings is 1. The molecule has 0 spiro atoms. The highest BCUT2D eigenvalue weighted by atomic mass is 19.1. The molecule has 31 heavy (non-hydrogen) atoms. The van der Waals surface area contributed by atoms with Gasteiger partial charge >= 0.3 is 0 Å². The molecule has 1 amide bonds. The van der Waals surface area contributed by atoms with E-state index in [1.165, 1.54) is 6.20 Å². The molecule has 0 unspecified atom stereocenters. The second-order valence-electron chi connectivity index (χ2n) is 9.77. The van der Waals surface area contributed by atoms with Gasteiger partial charge in [0.05, 0.1) is 18.4 Å². The van der Waals surface area contributed by atoms with Gasteiger partial charge in [0.25, 0.3) is 5.91 Å². The van der Waals surface area contributed by atoms with Gasteiger partial charge in [-0.1, -0.05) is 13.8 Å². The van der Waals surface area contributed by atoms with Gasteiger partial charge in [-0.25, -0.2) is 13.9 Å². The number of anilines is 1. The Hall–Kier alpha value is -3.03. The van der Waals surface area contributed by atoms with Gasteiger partial charge in [-0.2, -0.15) is 5.10 Å². The van der Waals surface area contributed by atoms with E-state index in [-0.39, 0.29) is 29.2 Å². The second kappa shape index (κ2) is 6.24. The van der Waals surface area contributed by atoms with Crippen molar-refractivity contribution in [1.29, 1.82) is 0 Å². The van der Waals surface area contributed by atoms with Gasteiger partial charge in [0.1, 0.15) is 17.2 Å². The van der Waals surface area contributed by atoms with E-state index in [0.29, 0.717) is 29.5 Å². The first-order chi connectivity index (χ1) is 14.8. The van der Waals surface area contributed by atoms with E-state index in [2.05, 4.69) is 34.1 Å². The van der Waals surface area contributed by atoms with Crippen LogP contribution in [0.4, 0.5) is 10.2 Å². The molecule has 1 saturated carbocycles. The quantitative estimate of drug-likeness (QED) is 0.605. The molecule has 3 aromatic heterocycles. The van der Waals surface area contributed by atoms with Crippen LogP contribution in [-0.4, -0.2) is 38.1 Å². The van der Waals surface area contributed by atoms with Crippen molar-refractivity contribution in [1.82, 2.24) is 24.9 Å². The van der Waals surface area contributed by atoms with Crippen molar-refractivity contribution in [2.75, 3.05) is 11.4 Å². The van der Waals surface area contributed by atoms with Crippen LogP contribution in [0.25, 0.3) is 5.65 Å². The van der Waals surface area contributed by atoms with Crippen LogP contribution in [0.5, 0.6) is 0 Å². The number of carbonyl (C=O) groups excluding carboxylic acids is 1. The third-order valence-electron chi connectivity index (χ3n) is 7.58. The highest BCUT2D eigenvalue weighted by molar-refractivity contribution is 5.99. The molecule has 5 heterocycles. The molecular weight excluding hydrogens is 395 g/mol. The van der Waals surface area contributed by atoms with E-state index in [1.54, 1.807) is 16.8 Å². The number of amides is 1. The Balaban J connectivity index is 1.56. The smallest absolute Gasteiger partial charge is 0.256 e. The topological polar surface area (TPSA) is 75.4 Å². The van der Waals surface area contributed by atoms with Crippen molar-refractivity contribution >= 4 is 17.4 Å². The van der Waals surface area contributed by atoms with E-state index in [0.717, 1.165) is 30.0 Å². The van der Waals surface area contributed by atoms with E-state index in [1.807, 2.05) is 19.2 Å². The van der Waals surface area contributed by atoms with Gasteiger partial charge in [0, 0.05) is 24.5 Å². The molecule has 3 aliphatic rings. The minimum absolute atomic E-state index is 0.0132. The fourth-order valence-corrected chi connectivity index (χ4v) is 5.73. The highest BCUT2D eigenvalue weighted by Gasteiger charge is 2.67. The summed E-state index contributed by atoms with van der Waals surface area (Å²) >= 11 is 0. The van der Waals surface area contributed by atoms with E-state index < -0.39 is 0 Å². The van der Waals surface area contributed by atoms with Crippen LogP contribution >= 0.6 is 0 Å². The summed E-state index contributed by atoms with van der Waals surface area (Å²) < 4.78 is 16.0. The number of fused-ring (bicyclic) bond motifs is 7. The largest absolute Gasteiger partial charge is 0.349 e. The van der Waals surface area contributed by atoms with E-state index >= 15 is 0 Å². The van der Waals surface area contributed by atoms with E-state index in [9.17, 15) is 9.18 Å². The maximum atomic E-state index is 14.4. The third kappa shape index (κ3) is 2.70. The summed E-state index contributed by atoms with van der Waals surface area (Å²) in [6.07, 6.45) is 6.11. The first-order valence-corrected chi connectivity index (χ1v) is 10.9. The number of pyridine rings is 1. The molecule has 0 radical (unpaired) electrons. The first kappa shape index (κ1) is 18.7. The number of aromatic nitrogens is 4. The minimum atomic E-state index is -0.312. The molecule has 2 aliphatic heterocycles. The third-order valence-corrected chi connectivity index (χ3v) is 7.58. The Morgan fingerprint density at radius 2 is 2.13 bits per heavy atom. The molecule has 2 fully saturated rings. The lowest BCUT2D eigenvalue weighted by Gasteiger charge is -2.33. The summed E-state index contributed by atoms with van der Waals surface area (Å²) in [5.41, 5.74) is 3.07. The lowest BCUT2D eigenvalue weighted by molar-refractivity contribution is 0.0940. The van der Waals surface area contributed by atoms with Gasteiger partial charge in [0.2, 0.25) is 0 Å². The Labute approximate surface area is 179 Å². The summed E-state index contributed by atoms with van der Waals surface area (Å²) in [6, 6.07) is 3.54. The monoisotopic (exact) mass is 420 g/mol. The van der Waals surface area contributed by atoms with Gasteiger partial charge in [0.15, 0.2) is 5.65 Å². The lowest BCUT2D eigenvalue weighted by atomic mass is 9.92. The Bertz CT molecular complexity index is 1220. The predicted octanol–water partition coefficient (Wildman–Crippen LogP) is 3.16. The number of halogens is 1. The van der Waals surface area contributed by atoms with Crippen molar-refractivity contribution in [3.05, 3.63) is 53.4 Å². The molecule has 8 heteroatoms. The van der Waals surface area contributed by atoms with Crippen molar-refractivity contribution in [3.8, 4) is 0 Å². The van der Waals surface area contributed by atoms with Gasteiger partial charge in [-0.05, 0) is 54.7 Å². The van der Waals surface area contributed by atoms with Gasteiger partial charge < -0.3 is 10.2 Å². The van der Waals surface area contributed by atoms with Crippen LogP contribution in [0, 0.1) is 23.1 Å². The fourth-order valence-electron chi connectivity index (χ4n) is 5.73.